The molecule has 0 fully saturated rings. The van der Waals surface area contributed by atoms with Crippen molar-refractivity contribution in [1.82, 2.24) is 0 Å². The van der Waals surface area contributed by atoms with Gasteiger partial charge in [0.2, 0.25) is 0 Å². The predicted octanol–water partition coefficient (Wildman–Crippen LogP) is 6.81. The van der Waals surface area contributed by atoms with E-state index in [0.717, 1.165) is 12.8 Å². The molecule has 3 heteroatoms. The Morgan fingerprint density at radius 3 is 1.44 bits per heavy atom. The Labute approximate surface area is 157 Å². The van der Waals surface area contributed by atoms with Gasteiger partial charge in [-0.2, -0.15) is 0 Å². The van der Waals surface area contributed by atoms with Gasteiger partial charge in [-0.3, -0.25) is 4.79 Å². The fourth-order valence-electron chi connectivity index (χ4n) is 2.72. The Bertz CT molecular complexity index is 241. The Morgan fingerprint density at radius 2 is 1.00 bits per heavy atom. The van der Waals surface area contributed by atoms with Gasteiger partial charge in [-0.25, -0.2) is 0 Å². The minimum atomic E-state index is 0.0107. The summed E-state index contributed by atoms with van der Waals surface area (Å²) in [5.74, 6) is 0.0107. The smallest absolute Gasteiger partial charge is 0.305 e. The lowest BCUT2D eigenvalue weighted by atomic mass is 10.1. The van der Waals surface area contributed by atoms with Crippen LogP contribution < -0.4 is 0 Å². The second-order valence-corrected chi connectivity index (χ2v) is 6.88. The third-order valence-corrected chi connectivity index (χ3v) is 4.25. The summed E-state index contributed by atoms with van der Waals surface area (Å²) in [5, 5.41) is 7.57. The molecule has 3 nitrogen and oxygen atoms in total. The van der Waals surface area contributed by atoms with E-state index in [0.29, 0.717) is 13.0 Å². The van der Waals surface area contributed by atoms with Gasteiger partial charge in [0.15, 0.2) is 0 Å². The van der Waals surface area contributed by atoms with Crippen molar-refractivity contribution in [2.24, 2.45) is 0 Å². The lowest BCUT2D eigenvalue weighted by molar-refractivity contribution is -0.143. The van der Waals surface area contributed by atoms with Crippen molar-refractivity contribution in [3.05, 3.63) is 0 Å². The van der Waals surface area contributed by atoms with Crippen LogP contribution in [0.15, 0.2) is 0 Å². The number of esters is 1. The number of hydrogen-bond donors (Lipinski definition) is 1. The van der Waals surface area contributed by atoms with E-state index in [2.05, 4.69) is 13.8 Å². The molecule has 25 heavy (non-hydrogen) atoms. The molecular formula is C22H46O3. The number of aliphatic hydroxyl groups is 1. The van der Waals surface area contributed by atoms with Gasteiger partial charge in [0.05, 0.1) is 6.61 Å². The van der Waals surface area contributed by atoms with Gasteiger partial charge in [-0.1, -0.05) is 97.3 Å². The van der Waals surface area contributed by atoms with Crippen molar-refractivity contribution in [3.8, 4) is 0 Å². The maximum Gasteiger partial charge on any atom is 0.305 e. The fraction of sp³-hybridized carbons (Fsp3) is 0.955. The van der Waals surface area contributed by atoms with E-state index in [4.69, 9.17) is 9.84 Å². The zero-order valence-electron chi connectivity index (χ0n) is 17.5. The van der Waals surface area contributed by atoms with E-state index in [9.17, 15) is 4.79 Å². The van der Waals surface area contributed by atoms with Crippen molar-refractivity contribution < 1.29 is 14.6 Å². The average molecular weight is 359 g/mol. The predicted molar refractivity (Wildman–Crippen MR) is 109 cm³/mol. The normalized spacial score (nSPS) is 10.2. The van der Waals surface area contributed by atoms with Gasteiger partial charge in [0, 0.05) is 13.0 Å². The van der Waals surface area contributed by atoms with Crippen LogP contribution >= 0.6 is 0 Å². The molecule has 0 aliphatic rings. The number of unbranched alkanes of at least 4 members (excludes halogenated alkanes) is 13. The molecule has 0 heterocycles. The lowest BCUT2D eigenvalue weighted by Gasteiger charge is -2.05. The first-order valence-electron chi connectivity index (χ1n) is 11.0. The summed E-state index contributed by atoms with van der Waals surface area (Å²) in [6, 6.07) is 0. The molecule has 0 saturated heterocycles. The van der Waals surface area contributed by atoms with Crippen LogP contribution in [0.4, 0.5) is 0 Å². The molecule has 0 unspecified atom stereocenters. The highest BCUT2D eigenvalue weighted by atomic mass is 16.5. The topological polar surface area (TPSA) is 46.5 Å². The third kappa shape index (κ3) is 28.5. The van der Waals surface area contributed by atoms with Gasteiger partial charge in [0.1, 0.15) is 0 Å². The SMILES string of the molecule is CCCCCCCCCCCC(=O)OCCCCCCCC.CCO. The number of aliphatic hydroxyl groups excluding tert-OH is 1. The molecule has 0 aromatic rings. The summed E-state index contributed by atoms with van der Waals surface area (Å²) in [4.78, 5) is 11.6. The monoisotopic (exact) mass is 358 g/mol. The molecule has 0 aliphatic heterocycles. The molecule has 1 N–H and O–H groups in total. The highest BCUT2D eigenvalue weighted by Gasteiger charge is 2.02. The van der Waals surface area contributed by atoms with Gasteiger partial charge >= 0.3 is 5.97 Å². The van der Waals surface area contributed by atoms with E-state index < -0.39 is 0 Å². The van der Waals surface area contributed by atoms with Gasteiger partial charge in [0.25, 0.3) is 0 Å². The Morgan fingerprint density at radius 1 is 0.640 bits per heavy atom. The molecule has 0 atom stereocenters. The fourth-order valence-corrected chi connectivity index (χ4v) is 2.72. The molecule has 0 amide bonds. The van der Waals surface area contributed by atoms with E-state index in [-0.39, 0.29) is 12.6 Å². The zero-order chi connectivity index (χ0) is 19.0. The molecule has 0 radical (unpaired) electrons. The van der Waals surface area contributed by atoms with Crippen LogP contribution in [0.3, 0.4) is 0 Å². The second-order valence-electron chi connectivity index (χ2n) is 6.88. The van der Waals surface area contributed by atoms with Crippen LogP contribution in [0.2, 0.25) is 0 Å². The third-order valence-electron chi connectivity index (χ3n) is 4.25. The van der Waals surface area contributed by atoms with E-state index in [1.54, 1.807) is 6.92 Å². The van der Waals surface area contributed by atoms with Gasteiger partial charge < -0.3 is 9.84 Å². The summed E-state index contributed by atoms with van der Waals surface area (Å²) < 4.78 is 5.28. The van der Waals surface area contributed by atoms with Crippen LogP contribution in [-0.2, 0) is 9.53 Å². The Kier molecular flexibility index (Phi) is 27.4. The number of carbonyl (C=O) groups is 1. The summed E-state index contributed by atoms with van der Waals surface area (Å²) in [7, 11) is 0. The summed E-state index contributed by atoms with van der Waals surface area (Å²) in [6.07, 6.45) is 19.7. The minimum absolute atomic E-state index is 0.0107. The van der Waals surface area contributed by atoms with Crippen molar-refractivity contribution in [2.75, 3.05) is 13.2 Å². The summed E-state index contributed by atoms with van der Waals surface area (Å²) in [5.41, 5.74) is 0. The average Bonchev–Trinajstić information content (AvgIpc) is 2.60. The van der Waals surface area contributed by atoms with E-state index in [1.807, 2.05) is 0 Å². The molecular weight excluding hydrogens is 312 g/mol. The Balaban J connectivity index is 0. The first-order chi connectivity index (χ1) is 12.2. The quantitative estimate of drug-likeness (QED) is 0.229. The minimum Gasteiger partial charge on any atom is -0.466 e. The number of hydrogen-bond acceptors (Lipinski definition) is 3. The van der Waals surface area contributed by atoms with Crippen molar-refractivity contribution >= 4 is 5.97 Å². The molecule has 0 bridgehead atoms. The highest BCUT2D eigenvalue weighted by Crippen LogP contribution is 2.11. The molecule has 0 aromatic heterocycles. The molecule has 0 spiro atoms. The number of ether oxygens (including phenoxy) is 1. The van der Waals surface area contributed by atoms with Gasteiger partial charge in [-0.05, 0) is 19.8 Å². The molecule has 0 rings (SSSR count). The summed E-state index contributed by atoms with van der Waals surface area (Å²) >= 11 is 0. The summed E-state index contributed by atoms with van der Waals surface area (Å²) in [6.45, 7) is 7.04. The van der Waals surface area contributed by atoms with Crippen LogP contribution in [0, 0.1) is 0 Å². The molecule has 0 saturated carbocycles. The highest BCUT2D eigenvalue weighted by molar-refractivity contribution is 5.69. The molecule has 152 valence electrons. The lowest BCUT2D eigenvalue weighted by Crippen LogP contribution is -2.05. The maximum atomic E-state index is 11.6. The van der Waals surface area contributed by atoms with Crippen LogP contribution in [0.5, 0.6) is 0 Å². The second kappa shape index (κ2) is 25.7. The van der Waals surface area contributed by atoms with E-state index >= 15 is 0 Å². The van der Waals surface area contributed by atoms with E-state index in [1.165, 1.54) is 83.5 Å². The van der Waals surface area contributed by atoms with Crippen molar-refractivity contribution in [3.63, 3.8) is 0 Å². The Hall–Kier alpha value is -0.570. The van der Waals surface area contributed by atoms with Crippen LogP contribution in [0.25, 0.3) is 0 Å². The molecule has 0 aliphatic carbocycles. The number of rotatable bonds is 17. The number of carbonyl (C=O) groups excluding carboxylic acids is 1. The largest absolute Gasteiger partial charge is 0.466 e. The first-order valence-corrected chi connectivity index (χ1v) is 11.0. The standard InChI is InChI=1S/C20H40O2.C2H6O/c1-3-5-7-9-11-12-13-14-16-18-20(21)22-19-17-15-10-8-6-4-2;1-2-3/h3-19H2,1-2H3;3H,2H2,1H3. The van der Waals surface area contributed by atoms with Gasteiger partial charge in [-0.15, -0.1) is 0 Å². The van der Waals surface area contributed by atoms with Crippen molar-refractivity contribution in [2.45, 2.75) is 124 Å². The first kappa shape index (κ1) is 26.7. The van der Waals surface area contributed by atoms with Crippen LogP contribution in [0.1, 0.15) is 124 Å². The molecule has 0 aromatic carbocycles. The zero-order valence-corrected chi connectivity index (χ0v) is 17.5. The maximum absolute atomic E-state index is 11.6. The van der Waals surface area contributed by atoms with Crippen molar-refractivity contribution in [1.29, 1.82) is 0 Å². The van der Waals surface area contributed by atoms with Crippen LogP contribution in [-0.4, -0.2) is 24.3 Å².